The highest BCUT2D eigenvalue weighted by molar-refractivity contribution is 5.96. The van der Waals surface area contributed by atoms with Gasteiger partial charge < -0.3 is 15.7 Å². The standard InChI is InChI=1S/C10H13N3O3/c1-2-11-8(15)6-13-10(16)9-7(14)4-3-5-12-9/h3-5,14H,2,6H2,1H3,(H,11,15)(H,13,16). The van der Waals surface area contributed by atoms with Crippen molar-refractivity contribution < 1.29 is 14.7 Å². The molecule has 0 radical (unpaired) electrons. The maximum Gasteiger partial charge on any atom is 0.274 e. The fourth-order valence-corrected chi connectivity index (χ4v) is 1.08. The third kappa shape index (κ3) is 3.23. The molecule has 3 N–H and O–H groups in total. The van der Waals surface area contributed by atoms with Crippen molar-refractivity contribution in [3.63, 3.8) is 0 Å². The number of carbonyl (C=O) groups excluding carboxylic acids is 2. The Bertz CT molecular complexity index is 393. The summed E-state index contributed by atoms with van der Waals surface area (Å²) in [6, 6.07) is 2.87. The van der Waals surface area contributed by atoms with E-state index in [9.17, 15) is 14.7 Å². The summed E-state index contributed by atoms with van der Waals surface area (Å²) in [5.74, 6) is -1.08. The van der Waals surface area contributed by atoms with Gasteiger partial charge in [-0.1, -0.05) is 0 Å². The van der Waals surface area contributed by atoms with Crippen LogP contribution in [0.5, 0.6) is 5.75 Å². The molecule has 16 heavy (non-hydrogen) atoms. The van der Waals surface area contributed by atoms with Gasteiger partial charge in [-0.25, -0.2) is 4.98 Å². The average molecular weight is 223 g/mol. The van der Waals surface area contributed by atoms with E-state index in [1.54, 1.807) is 6.92 Å². The van der Waals surface area contributed by atoms with E-state index < -0.39 is 5.91 Å². The molecule has 0 spiro atoms. The Labute approximate surface area is 92.7 Å². The number of rotatable bonds is 4. The van der Waals surface area contributed by atoms with Crippen molar-refractivity contribution in [1.29, 1.82) is 0 Å². The molecule has 2 amide bonds. The molecular formula is C10H13N3O3. The lowest BCUT2D eigenvalue weighted by Crippen LogP contribution is -2.37. The summed E-state index contributed by atoms with van der Waals surface area (Å²) in [6.45, 7) is 2.15. The average Bonchev–Trinajstić information content (AvgIpc) is 2.27. The van der Waals surface area contributed by atoms with Gasteiger partial charge in [0.15, 0.2) is 5.69 Å². The van der Waals surface area contributed by atoms with Crippen LogP contribution < -0.4 is 10.6 Å². The van der Waals surface area contributed by atoms with Crippen molar-refractivity contribution in [1.82, 2.24) is 15.6 Å². The number of nitrogens with one attached hydrogen (secondary N) is 2. The fourth-order valence-electron chi connectivity index (χ4n) is 1.08. The first-order valence-electron chi connectivity index (χ1n) is 4.84. The molecule has 0 aromatic carbocycles. The molecule has 1 rings (SSSR count). The van der Waals surface area contributed by atoms with Crippen LogP contribution in [0.2, 0.25) is 0 Å². The molecular weight excluding hydrogens is 210 g/mol. The summed E-state index contributed by atoms with van der Waals surface area (Å²) in [7, 11) is 0. The lowest BCUT2D eigenvalue weighted by atomic mass is 10.3. The van der Waals surface area contributed by atoms with Gasteiger partial charge in [0.2, 0.25) is 5.91 Å². The molecule has 1 aromatic rings. The lowest BCUT2D eigenvalue weighted by Gasteiger charge is -2.05. The fraction of sp³-hybridized carbons (Fsp3) is 0.300. The number of likely N-dealkylation sites (N-methyl/N-ethyl adjacent to an activating group) is 1. The van der Waals surface area contributed by atoms with E-state index in [4.69, 9.17) is 0 Å². The number of hydrogen-bond acceptors (Lipinski definition) is 4. The molecule has 0 fully saturated rings. The van der Waals surface area contributed by atoms with Crippen LogP contribution in [0.3, 0.4) is 0 Å². The first kappa shape index (κ1) is 12.0. The van der Waals surface area contributed by atoms with E-state index in [0.29, 0.717) is 6.54 Å². The minimum atomic E-state index is -0.579. The SMILES string of the molecule is CCNC(=O)CNC(=O)c1ncccc1O. The molecule has 1 aromatic heterocycles. The van der Waals surface area contributed by atoms with Crippen LogP contribution in [0.1, 0.15) is 17.4 Å². The van der Waals surface area contributed by atoms with E-state index >= 15 is 0 Å². The van der Waals surface area contributed by atoms with Crippen molar-refractivity contribution in [2.24, 2.45) is 0 Å². The van der Waals surface area contributed by atoms with Crippen LogP contribution >= 0.6 is 0 Å². The molecule has 1 heterocycles. The van der Waals surface area contributed by atoms with Gasteiger partial charge in [-0.2, -0.15) is 0 Å². The zero-order valence-electron chi connectivity index (χ0n) is 8.86. The molecule has 86 valence electrons. The molecule has 0 unspecified atom stereocenters. The Hall–Kier alpha value is -2.11. The number of hydrogen-bond donors (Lipinski definition) is 3. The van der Waals surface area contributed by atoms with Gasteiger partial charge in [0.25, 0.3) is 5.91 Å². The molecule has 0 atom stereocenters. The molecule has 6 heteroatoms. The first-order chi connectivity index (χ1) is 7.65. The van der Waals surface area contributed by atoms with Crippen LogP contribution in [-0.4, -0.2) is 35.0 Å². The molecule has 0 aliphatic rings. The minimum absolute atomic E-state index is 0.0909. The zero-order valence-corrected chi connectivity index (χ0v) is 8.86. The lowest BCUT2D eigenvalue weighted by molar-refractivity contribution is -0.120. The van der Waals surface area contributed by atoms with E-state index in [-0.39, 0.29) is 23.9 Å². The van der Waals surface area contributed by atoms with Gasteiger partial charge in [0.1, 0.15) is 5.75 Å². The number of amides is 2. The molecule has 0 saturated heterocycles. The van der Waals surface area contributed by atoms with Crippen LogP contribution in [0.25, 0.3) is 0 Å². The van der Waals surface area contributed by atoms with Crippen molar-refractivity contribution in [2.45, 2.75) is 6.92 Å². The van der Waals surface area contributed by atoms with Crippen molar-refractivity contribution >= 4 is 11.8 Å². The van der Waals surface area contributed by atoms with E-state index in [0.717, 1.165) is 0 Å². The van der Waals surface area contributed by atoms with E-state index in [2.05, 4.69) is 15.6 Å². The summed E-state index contributed by atoms with van der Waals surface area (Å²) in [5, 5.41) is 14.2. The Balaban J connectivity index is 2.54. The third-order valence-corrected chi connectivity index (χ3v) is 1.78. The van der Waals surface area contributed by atoms with Crippen molar-refractivity contribution in [3.05, 3.63) is 24.0 Å². The van der Waals surface area contributed by atoms with Crippen LogP contribution in [0.15, 0.2) is 18.3 Å². The molecule has 6 nitrogen and oxygen atoms in total. The second-order valence-corrected chi connectivity index (χ2v) is 3.01. The van der Waals surface area contributed by atoms with Gasteiger partial charge in [-0.3, -0.25) is 9.59 Å². The van der Waals surface area contributed by atoms with Crippen molar-refractivity contribution in [2.75, 3.05) is 13.1 Å². The van der Waals surface area contributed by atoms with Gasteiger partial charge in [-0.15, -0.1) is 0 Å². The van der Waals surface area contributed by atoms with Gasteiger partial charge in [0.05, 0.1) is 6.54 Å². The molecule has 0 aliphatic carbocycles. The molecule has 0 aliphatic heterocycles. The normalized spacial score (nSPS) is 9.56. The van der Waals surface area contributed by atoms with Crippen LogP contribution in [-0.2, 0) is 4.79 Å². The Morgan fingerprint density at radius 1 is 1.44 bits per heavy atom. The number of carbonyl (C=O) groups is 2. The maximum absolute atomic E-state index is 11.5. The summed E-state index contributed by atoms with van der Waals surface area (Å²) in [5.41, 5.74) is -0.0909. The summed E-state index contributed by atoms with van der Waals surface area (Å²) < 4.78 is 0. The minimum Gasteiger partial charge on any atom is -0.505 e. The van der Waals surface area contributed by atoms with Crippen LogP contribution in [0, 0.1) is 0 Å². The van der Waals surface area contributed by atoms with Crippen LogP contribution in [0.4, 0.5) is 0 Å². The highest BCUT2D eigenvalue weighted by atomic mass is 16.3. The number of pyridine rings is 1. The first-order valence-corrected chi connectivity index (χ1v) is 4.84. The second-order valence-electron chi connectivity index (χ2n) is 3.01. The van der Waals surface area contributed by atoms with Gasteiger partial charge >= 0.3 is 0 Å². The number of aromatic hydroxyl groups is 1. The highest BCUT2D eigenvalue weighted by Crippen LogP contribution is 2.11. The number of nitrogens with zero attached hydrogens (tertiary/aromatic N) is 1. The second kappa shape index (κ2) is 5.69. The van der Waals surface area contributed by atoms with E-state index in [1.165, 1.54) is 18.3 Å². The number of aromatic nitrogens is 1. The molecule has 0 saturated carbocycles. The largest absolute Gasteiger partial charge is 0.505 e. The molecule has 0 bridgehead atoms. The summed E-state index contributed by atoms with van der Waals surface area (Å²) in [4.78, 5) is 26.2. The Kier molecular flexibility index (Phi) is 4.26. The van der Waals surface area contributed by atoms with Gasteiger partial charge in [-0.05, 0) is 19.1 Å². The maximum atomic E-state index is 11.5. The third-order valence-electron chi connectivity index (χ3n) is 1.78. The Morgan fingerprint density at radius 2 is 2.19 bits per heavy atom. The topological polar surface area (TPSA) is 91.3 Å². The van der Waals surface area contributed by atoms with Gasteiger partial charge in [0, 0.05) is 12.7 Å². The monoisotopic (exact) mass is 223 g/mol. The highest BCUT2D eigenvalue weighted by Gasteiger charge is 2.12. The Morgan fingerprint density at radius 3 is 2.81 bits per heavy atom. The predicted octanol–water partition coefficient (Wildman–Crippen LogP) is -0.347. The smallest absolute Gasteiger partial charge is 0.274 e. The zero-order chi connectivity index (χ0) is 12.0. The summed E-state index contributed by atoms with van der Waals surface area (Å²) >= 11 is 0. The van der Waals surface area contributed by atoms with E-state index in [1.807, 2.05) is 0 Å². The van der Waals surface area contributed by atoms with Crippen molar-refractivity contribution in [3.8, 4) is 5.75 Å². The quantitative estimate of drug-likeness (QED) is 0.650. The predicted molar refractivity (Wildman–Crippen MR) is 56.9 cm³/mol. The summed E-state index contributed by atoms with van der Waals surface area (Å²) in [6.07, 6.45) is 1.39.